The van der Waals surface area contributed by atoms with Crippen LogP contribution in [0.4, 0.5) is 11.5 Å². The Morgan fingerprint density at radius 2 is 1.91 bits per heavy atom. The van der Waals surface area contributed by atoms with Crippen LogP contribution in [0, 0.1) is 5.92 Å². The topological polar surface area (TPSA) is 111 Å². The van der Waals surface area contributed by atoms with Crippen molar-refractivity contribution in [1.82, 2.24) is 14.9 Å². The number of carbonyl (C=O) groups is 1. The van der Waals surface area contributed by atoms with Crippen LogP contribution in [0.1, 0.15) is 68.9 Å². The predicted octanol–water partition coefficient (Wildman–Crippen LogP) is 3.60. The van der Waals surface area contributed by atoms with Crippen molar-refractivity contribution in [3.8, 4) is 11.5 Å². The quantitative estimate of drug-likeness (QED) is 0.525. The molecule has 1 aromatic heterocycles. The van der Waals surface area contributed by atoms with E-state index in [1.54, 1.807) is 10.8 Å². The van der Waals surface area contributed by atoms with Gasteiger partial charge in [0.05, 0.1) is 11.9 Å². The summed E-state index contributed by atoms with van der Waals surface area (Å²) < 4.78 is 7.87. The van der Waals surface area contributed by atoms with E-state index in [2.05, 4.69) is 27.8 Å². The zero-order valence-corrected chi connectivity index (χ0v) is 19.0. The van der Waals surface area contributed by atoms with Crippen LogP contribution in [0.3, 0.4) is 0 Å². The molecule has 0 atom stereocenters. The number of hydrogen-bond acceptors (Lipinski definition) is 7. The number of fused-ring (bicyclic) bond motifs is 2. The van der Waals surface area contributed by atoms with Gasteiger partial charge in [0.15, 0.2) is 17.3 Å². The summed E-state index contributed by atoms with van der Waals surface area (Å²) in [6, 6.07) is 6.39. The van der Waals surface area contributed by atoms with E-state index >= 15 is 0 Å². The molecule has 0 unspecified atom stereocenters. The molecule has 33 heavy (non-hydrogen) atoms. The van der Waals surface area contributed by atoms with Gasteiger partial charge in [0.2, 0.25) is 0 Å². The first-order valence-corrected chi connectivity index (χ1v) is 12.2. The summed E-state index contributed by atoms with van der Waals surface area (Å²) >= 11 is 0. The van der Waals surface area contributed by atoms with Crippen molar-refractivity contribution in [2.24, 2.45) is 11.7 Å². The SMILES string of the molecule is NCCC(=O)CC1CCC(n2cc3c(nc2=O)Nc2cc(C4CCNCC4)ccc2O3)CC1. The second kappa shape index (κ2) is 9.65. The largest absolute Gasteiger partial charge is 0.450 e. The zero-order valence-electron chi connectivity index (χ0n) is 19.0. The molecule has 176 valence electrons. The molecule has 0 bridgehead atoms. The van der Waals surface area contributed by atoms with E-state index in [1.807, 2.05) is 6.07 Å². The number of hydrogen-bond donors (Lipinski definition) is 3. The number of aromatic nitrogens is 2. The normalized spacial score (nSPS) is 22.6. The molecule has 1 aliphatic carbocycles. The first-order chi connectivity index (χ1) is 16.1. The highest BCUT2D eigenvalue weighted by Gasteiger charge is 2.27. The highest BCUT2D eigenvalue weighted by Crippen LogP contribution is 2.43. The number of Topliss-reactive ketones (excluding diaryl/α,β-unsaturated/α-hetero) is 1. The number of benzene rings is 1. The number of ether oxygens (including phenoxy) is 1. The Hall–Kier alpha value is -2.71. The highest BCUT2D eigenvalue weighted by molar-refractivity contribution is 5.78. The van der Waals surface area contributed by atoms with Crippen LogP contribution in [-0.2, 0) is 4.79 Å². The van der Waals surface area contributed by atoms with Gasteiger partial charge < -0.3 is 21.1 Å². The van der Waals surface area contributed by atoms with E-state index < -0.39 is 0 Å². The minimum atomic E-state index is -0.259. The minimum Gasteiger partial charge on any atom is -0.450 e. The lowest BCUT2D eigenvalue weighted by Crippen LogP contribution is -2.31. The number of rotatable bonds is 6. The molecule has 0 spiro atoms. The molecule has 3 aliphatic rings. The van der Waals surface area contributed by atoms with Crippen LogP contribution in [0.15, 0.2) is 29.2 Å². The Morgan fingerprint density at radius 3 is 2.67 bits per heavy atom. The second-order valence-corrected chi connectivity index (χ2v) is 9.61. The third kappa shape index (κ3) is 4.82. The van der Waals surface area contributed by atoms with Crippen molar-refractivity contribution >= 4 is 17.3 Å². The summed E-state index contributed by atoms with van der Waals surface area (Å²) in [5.41, 5.74) is 7.40. The van der Waals surface area contributed by atoms with E-state index in [-0.39, 0.29) is 17.5 Å². The number of nitrogens with one attached hydrogen (secondary N) is 2. The smallest absolute Gasteiger partial charge is 0.350 e. The number of anilines is 2. The molecule has 1 saturated heterocycles. The van der Waals surface area contributed by atoms with Gasteiger partial charge in [-0.15, -0.1) is 0 Å². The Kier molecular flexibility index (Phi) is 6.46. The first-order valence-electron chi connectivity index (χ1n) is 12.2. The summed E-state index contributed by atoms with van der Waals surface area (Å²) in [6.45, 7) is 2.50. The molecule has 2 fully saturated rings. The molecule has 3 heterocycles. The van der Waals surface area contributed by atoms with Gasteiger partial charge in [-0.25, -0.2) is 4.79 Å². The molecule has 2 aromatic rings. The summed E-state index contributed by atoms with van der Waals surface area (Å²) in [7, 11) is 0. The third-order valence-corrected chi connectivity index (χ3v) is 7.35. The lowest BCUT2D eigenvalue weighted by molar-refractivity contribution is -0.120. The maximum Gasteiger partial charge on any atom is 0.350 e. The van der Waals surface area contributed by atoms with Gasteiger partial charge in [-0.2, -0.15) is 4.98 Å². The molecule has 1 aromatic carbocycles. The van der Waals surface area contributed by atoms with Gasteiger partial charge in [-0.3, -0.25) is 9.36 Å². The molecule has 5 rings (SSSR count). The Bertz CT molecular complexity index is 1070. The maximum absolute atomic E-state index is 12.8. The van der Waals surface area contributed by atoms with E-state index in [1.165, 1.54) is 5.56 Å². The van der Waals surface area contributed by atoms with Crippen molar-refractivity contribution in [2.45, 2.75) is 63.3 Å². The molecule has 0 radical (unpaired) electrons. The molecule has 8 heteroatoms. The molecule has 0 amide bonds. The summed E-state index contributed by atoms with van der Waals surface area (Å²) in [6.07, 6.45) is 8.72. The average molecular weight is 452 g/mol. The Morgan fingerprint density at radius 1 is 1.12 bits per heavy atom. The van der Waals surface area contributed by atoms with E-state index in [4.69, 9.17) is 10.5 Å². The van der Waals surface area contributed by atoms with Crippen molar-refractivity contribution in [1.29, 1.82) is 0 Å². The van der Waals surface area contributed by atoms with Crippen LogP contribution in [-0.4, -0.2) is 35.0 Å². The van der Waals surface area contributed by atoms with Crippen LogP contribution in [0.5, 0.6) is 11.5 Å². The van der Waals surface area contributed by atoms with Crippen molar-refractivity contribution in [3.05, 3.63) is 40.4 Å². The third-order valence-electron chi connectivity index (χ3n) is 7.35. The molecule has 4 N–H and O–H groups in total. The van der Waals surface area contributed by atoms with Crippen LogP contribution < -0.4 is 26.8 Å². The zero-order chi connectivity index (χ0) is 22.8. The van der Waals surface area contributed by atoms with E-state index in [0.29, 0.717) is 42.8 Å². The summed E-state index contributed by atoms with van der Waals surface area (Å²) in [4.78, 5) is 29.1. The number of piperidine rings is 1. The summed E-state index contributed by atoms with van der Waals surface area (Å²) in [5, 5.41) is 6.73. The minimum absolute atomic E-state index is 0.0865. The van der Waals surface area contributed by atoms with Gasteiger partial charge in [-0.1, -0.05) is 6.07 Å². The molecule has 1 saturated carbocycles. The van der Waals surface area contributed by atoms with E-state index in [9.17, 15) is 9.59 Å². The van der Waals surface area contributed by atoms with Gasteiger partial charge in [-0.05, 0) is 87.7 Å². The second-order valence-electron chi connectivity index (χ2n) is 9.61. The van der Waals surface area contributed by atoms with Gasteiger partial charge >= 0.3 is 5.69 Å². The summed E-state index contributed by atoms with van der Waals surface area (Å²) in [5.74, 6) is 3.00. The van der Waals surface area contributed by atoms with Crippen molar-refractivity contribution in [2.75, 3.05) is 25.0 Å². The Labute approximate surface area is 193 Å². The highest BCUT2D eigenvalue weighted by atomic mass is 16.5. The monoisotopic (exact) mass is 451 g/mol. The van der Waals surface area contributed by atoms with Gasteiger partial charge in [0.1, 0.15) is 5.78 Å². The van der Waals surface area contributed by atoms with Crippen molar-refractivity contribution in [3.63, 3.8) is 0 Å². The van der Waals surface area contributed by atoms with E-state index in [0.717, 1.165) is 63.1 Å². The van der Waals surface area contributed by atoms with Crippen LogP contribution in [0.2, 0.25) is 0 Å². The van der Waals surface area contributed by atoms with Crippen LogP contribution in [0.25, 0.3) is 0 Å². The number of ketones is 1. The lowest BCUT2D eigenvalue weighted by Gasteiger charge is -2.30. The van der Waals surface area contributed by atoms with Gasteiger partial charge in [0.25, 0.3) is 0 Å². The Balaban J connectivity index is 1.28. The number of nitrogens with two attached hydrogens (primary N) is 1. The molecular weight excluding hydrogens is 418 g/mol. The number of nitrogens with zero attached hydrogens (tertiary/aromatic N) is 2. The van der Waals surface area contributed by atoms with Crippen molar-refractivity contribution < 1.29 is 9.53 Å². The average Bonchev–Trinajstić information content (AvgIpc) is 2.83. The first kappa shape index (κ1) is 22.1. The molecule has 2 aliphatic heterocycles. The fourth-order valence-corrected chi connectivity index (χ4v) is 5.48. The van der Waals surface area contributed by atoms with Crippen LogP contribution >= 0.6 is 0 Å². The molecular formula is C25H33N5O3. The maximum atomic E-state index is 12.8. The number of carbonyl (C=O) groups excluding carboxylic acids is 1. The van der Waals surface area contributed by atoms with Gasteiger partial charge in [0, 0.05) is 18.9 Å². The fourth-order valence-electron chi connectivity index (χ4n) is 5.48. The lowest BCUT2D eigenvalue weighted by atomic mass is 9.82. The molecule has 8 nitrogen and oxygen atoms in total. The standard InChI is InChI=1S/C25H33N5O3/c26-10-7-20(31)13-16-1-4-19(5-2-16)30-15-23-24(29-25(30)32)28-21-14-18(3-6-22(21)33-23)17-8-11-27-12-9-17/h3,6,14-17,19,27H,1-2,4-5,7-13,26H2,(H,28,29,32). The fraction of sp³-hybridized carbons (Fsp3) is 0.560. The predicted molar refractivity (Wildman–Crippen MR) is 127 cm³/mol.